The quantitative estimate of drug-likeness (QED) is 0.770. The maximum Gasteiger partial charge on any atom is 0.243 e. The van der Waals surface area contributed by atoms with Crippen molar-refractivity contribution in [3.05, 3.63) is 41.2 Å². The molecule has 1 aromatic heterocycles. The highest BCUT2D eigenvalue weighted by atomic mass is 32.2. The van der Waals surface area contributed by atoms with Gasteiger partial charge in [-0.25, -0.2) is 17.8 Å². The zero-order valence-electron chi connectivity index (χ0n) is 17.6. The van der Waals surface area contributed by atoms with Crippen molar-refractivity contribution in [3.8, 4) is 0 Å². The number of sulfonamides is 1. The molecule has 3 heterocycles. The number of H-pyrrole nitrogens is 1. The molecule has 0 bridgehead atoms. The number of hydrogen-bond donors (Lipinski definition) is 1. The Bertz CT molecular complexity index is 1150. The van der Waals surface area contributed by atoms with E-state index in [0.717, 1.165) is 12.8 Å². The molecule has 31 heavy (non-hydrogen) atoms. The molecule has 3 aliphatic rings. The highest BCUT2D eigenvalue weighted by Gasteiger charge is 2.56. The van der Waals surface area contributed by atoms with E-state index < -0.39 is 21.3 Å². The zero-order chi connectivity index (χ0) is 22.0. The number of nitrogens with zero attached hydrogens (tertiary/aromatic N) is 4. The number of likely N-dealkylation sites (tertiary alicyclic amines) is 1. The molecular formula is C21H26FN5O3S. The predicted molar refractivity (Wildman–Crippen MR) is 110 cm³/mol. The Balaban J connectivity index is 1.46. The molecule has 2 saturated heterocycles. The molecule has 3 fully saturated rings. The van der Waals surface area contributed by atoms with Crippen molar-refractivity contribution in [3.63, 3.8) is 0 Å². The highest BCUT2D eigenvalue weighted by molar-refractivity contribution is 7.89. The monoisotopic (exact) mass is 447 g/mol. The smallest absolute Gasteiger partial charge is 0.243 e. The van der Waals surface area contributed by atoms with Crippen LogP contribution in [0, 0.1) is 31.5 Å². The van der Waals surface area contributed by atoms with Gasteiger partial charge in [0.15, 0.2) is 5.82 Å². The minimum absolute atomic E-state index is 0.0940. The number of benzene rings is 1. The minimum Gasteiger partial charge on any atom is -0.341 e. The molecule has 0 radical (unpaired) electrons. The van der Waals surface area contributed by atoms with Crippen molar-refractivity contribution >= 4 is 15.9 Å². The fourth-order valence-corrected chi connectivity index (χ4v) is 6.56. The molecule has 2 aliphatic heterocycles. The van der Waals surface area contributed by atoms with Gasteiger partial charge < -0.3 is 4.90 Å². The lowest BCUT2D eigenvalue weighted by Crippen LogP contribution is -2.51. The third-order valence-electron chi connectivity index (χ3n) is 6.97. The summed E-state index contributed by atoms with van der Waals surface area (Å²) in [6, 6.07) is 3.89. The lowest BCUT2D eigenvalue weighted by Gasteiger charge is -2.40. The average molecular weight is 448 g/mol. The first-order chi connectivity index (χ1) is 14.7. The number of piperidine rings is 1. The van der Waals surface area contributed by atoms with E-state index in [0.29, 0.717) is 43.3 Å². The van der Waals surface area contributed by atoms with Crippen LogP contribution >= 0.6 is 0 Å². The lowest BCUT2D eigenvalue weighted by atomic mass is 9.72. The van der Waals surface area contributed by atoms with Gasteiger partial charge in [0.25, 0.3) is 0 Å². The molecule has 166 valence electrons. The van der Waals surface area contributed by atoms with Crippen LogP contribution in [0.25, 0.3) is 0 Å². The Kier molecular flexibility index (Phi) is 4.71. The molecule has 1 amide bonds. The maximum atomic E-state index is 13.7. The van der Waals surface area contributed by atoms with E-state index >= 15 is 0 Å². The summed E-state index contributed by atoms with van der Waals surface area (Å²) in [7, 11) is -3.77. The summed E-state index contributed by atoms with van der Waals surface area (Å²) in [6.45, 7) is 4.99. The second-order valence-corrected chi connectivity index (χ2v) is 11.1. The molecule has 5 rings (SSSR count). The molecule has 1 N–H and O–H groups in total. The summed E-state index contributed by atoms with van der Waals surface area (Å²) >= 11 is 0. The summed E-state index contributed by atoms with van der Waals surface area (Å²) in [6.07, 6.45) is 2.39. The number of aryl methyl sites for hydroxylation is 2. The Labute approximate surface area is 180 Å². The summed E-state index contributed by atoms with van der Waals surface area (Å²) < 4.78 is 41.7. The van der Waals surface area contributed by atoms with Crippen LogP contribution < -0.4 is 0 Å². The van der Waals surface area contributed by atoms with Crippen molar-refractivity contribution in [2.75, 3.05) is 26.2 Å². The summed E-state index contributed by atoms with van der Waals surface area (Å²) in [5.74, 6) is 1.09. The number of fused-ring (bicyclic) bond motifs is 1. The van der Waals surface area contributed by atoms with E-state index in [1.54, 1.807) is 6.92 Å². The van der Waals surface area contributed by atoms with Gasteiger partial charge in [0.05, 0.1) is 10.3 Å². The van der Waals surface area contributed by atoms with Crippen molar-refractivity contribution in [1.29, 1.82) is 0 Å². The number of carbonyl (C=O) groups is 1. The van der Waals surface area contributed by atoms with Crippen molar-refractivity contribution < 1.29 is 17.6 Å². The van der Waals surface area contributed by atoms with Crippen LogP contribution in [0.3, 0.4) is 0 Å². The molecule has 8 nitrogen and oxygen atoms in total. The number of carbonyl (C=O) groups excluding carboxylic acids is 1. The summed E-state index contributed by atoms with van der Waals surface area (Å²) in [5, 5.41) is 7.31. The fourth-order valence-electron chi connectivity index (χ4n) is 4.98. The fraction of sp³-hybridized carbons (Fsp3) is 0.571. The van der Waals surface area contributed by atoms with Crippen LogP contribution in [0.4, 0.5) is 4.39 Å². The second-order valence-electron chi connectivity index (χ2n) is 9.11. The van der Waals surface area contributed by atoms with E-state index in [1.807, 2.05) is 11.8 Å². The molecule has 1 aromatic carbocycles. The minimum atomic E-state index is -3.77. The van der Waals surface area contributed by atoms with Crippen LogP contribution in [-0.4, -0.2) is 64.9 Å². The molecule has 2 aromatic rings. The van der Waals surface area contributed by atoms with Gasteiger partial charge >= 0.3 is 0 Å². The molecule has 10 heteroatoms. The number of aromatic amines is 1. The van der Waals surface area contributed by atoms with Crippen molar-refractivity contribution in [2.45, 2.75) is 43.4 Å². The molecule has 0 unspecified atom stereocenters. The van der Waals surface area contributed by atoms with E-state index in [9.17, 15) is 17.6 Å². The van der Waals surface area contributed by atoms with Gasteiger partial charge in [0, 0.05) is 38.0 Å². The van der Waals surface area contributed by atoms with E-state index in [2.05, 4.69) is 15.2 Å². The molecule has 2 atom stereocenters. The Morgan fingerprint density at radius 3 is 2.68 bits per heavy atom. The Hall–Kier alpha value is -2.33. The summed E-state index contributed by atoms with van der Waals surface area (Å²) in [5.41, 5.74) is -0.161. The van der Waals surface area contributed by atoms with E-state index in [1.165, 1.54) is 22.5 Å². The van der Waals surface area contributed by atoms with Gasteiger partial charge in [-0.15, -0.1) is 0 Å². The van der Waals surface area contributed by atoms with Crippen LogP contribution in [0.5, 0.6) is 0 Å². The average Bonchev–Trinajstić information content (AvgIpc) is 3.37. The number of halogens is 1. The number of aromatic nitrogens is 3. The first-order valence-electron chi connectivity index (χ1n) is 10.7. The van der Waals surface area contributed by atoms with Gasteiger partial charge in [-0.1, -0.05) is 0 Å². The van der Waals surface area contributed by atoms with Gasteiger partial charge in [-0.05, 0) is 56.9 Å². The molecule has 0 spiro atoms. The lowest BCUT2D eigenvalue weighted by molar-refractivity contribution is -0.131. The highest BCUT2D eigenvalue weighted by Crippen LogP contribution is 2.46. The second kappa shape index (κ2) is 7.09. The Morgan fingerprint density at radius 2 is 2.03 bits per heavy atom. The van der Waals surface area contributed by atoms with Gasteiger partial charge in [-0.2, -0.15) is 9.40 Å². The van der Waals surface area contributed by atoms with Crippen molar-refractivity contribution in [2.24, 2.45) is 11.8 Å². The third-order valence-corrected chi connectivity index (χ3v) is 8.84. The van der Waals surface area contributed by atoms with Crippen LogP contribution in [-0.2, 0) is 20.2 Å². The van der Waals surface area contributed by atoms with Gasteiger partial charge in [-0.3, -0.25) is 9.89 Å². The van der Waals surface area contributed by atoms with Crippen molar-refractivity contribution in [1.82, 2.24) is 24.4 Å². The normalized spacial score (nSPS) is 26.8. The van der Waals surface area contributed by atoms with Crippen LogP contribution in [0.2, 0.25) is 0 Å². The van der Waals surface area contributed by atoms with Crippen LogP contribution in [0.15, 0.2) is 23.1 Å². The third kappa shape index (κ3) is 3.36. The zero-order valence-corrected chi connectivity index (χ0v) is 18.5. The molecular weight excluding hydrogens is 421 g/mol. The first-order valence-corrected chi connectivity index (χ1v) is 12.1. The number of rotatable bonds is 4. The van der Waals surface area contributed by atoms with Gasteiger partial charge in [0.2, 0.25) is 15.9 Å². The van der Waals surface area contributed by atoms with E-state index in [-0.39, 0.29) is 29.2 Å². The van der Waals surface area contributed by atoms with E-state index in [4.69, 9.17) is 0 Å². The Morgan fingerprint density at radius 1 is 1.26 bits per heavy atom. The predicted octanol–water partition coefficient (Wildman–Crippen LogP) is 1.76. The van der Waals surface area contributed by atoms with Gasteiger partial charge in [0.1, 0.15) is 11.6 Å². The number of hydrogen-bond acceptors (Lipinski definition) is 5. The molecule has 1 saturated carbocycles. The SMILES string of the molecule is Cc1nc([C@@]23CCN(S(=O)(=O)c4ccc(F)c(C)c4)C[C@@H]2CN(C(=O)C2CC2)C3)n[nH]1. The maximum absolute atomic E-state index is 13.7. The topological polar surface area (TPSA) is 99.3 Å². The first kappa shape index (κ1) is 20.6. The summed E-state index contributed by atoms with van der Waals surface area (Å²) in [4.78, 5) is 19.4. The molecule has 1 aliphatic carbocycles. The number of nitrogens with one attached hydrogen (secondary N) is 1. The standard InChI is InChI=1S/C21H26FN5O3S/c1-13-9-17(5-6-18(13)22)31(29,30)27-8-7-21(20-23-14(2)24-25-20)12-26(10-16(21)11-27)19(28)15-3-4-15/h5-6,9,15-16H,3-4,7-8,10-12H2,1-2H3,(H,23,24,25)/t16-,21+/m0/s1. The number of amides is 1. The largest absolute Gasteiger partial charge is 0.341 e. The van der Waals surface area contributed by atoms with Crippen LogP contribution in [0.1, 0.15) is 36.5 Å².